The van der Waals surface area contributed by atoms with E-state index in [4.69, 9.17) is 4.42 Å². The smallest absolute Gasteiger partial charge is 0.416 e. The Labute approximate surface area is 182 Å². The first kappa shape index (κ1) is 21.7. The van der Waals surface area contributed by atoms with Gasteiger partial charge in [0, 0.05) is 30.7 Å². The molecule has 2 heterocycles. The summed E-state index contributed by atoms with van der Waals surface area (Å²) >= 11 is 0. The summed E-state index contributed by atoms with van der Waals surface area (Å²) < 4.78 is 44.0. The number of anilines is 1. The van der Waals surface area contributed by atoms with E-state index in [-0.39, 0.29) is 17.5 Å². The Morgan fingerprint density at radius 3 is 2.50 bits per heavy atom. The van der Waals surface area contributed by atoms with Crippen molar-refractivity contribution < 1.29 is 27.2 Å². The molecule has 2 aromatic carbocycles. The third kappa shape index (κ3) is 5.04. The maximum atomic E-state index is 12.8. The van der Waals surface area contributed by atoms with E-state index < -0.39 is 17.8 Å². The molecule has 1 fully saturated rings. The molecular weight excluding hydrogens is 423 g/mol. The van der Waals surface area contributed by atoms with Gasteiger partial charge in [-0.1, -0.05) is 24.3 Å². The van der Waals surface area contributed by atoms with Crippen LogP contribution in [0.5, 0.6) is 0 Å². The highest BCUT2D eigenvalue weighted by Crippen LogP contribution is 2.30. The minimum atomic E-state index is -4.47. The number of rotatable bonds is 4. The van der Waals surface area contributed by atoms with Crippen LogP contribution in [0.4, 0.5) is 23.7 Å². The van der Waals surface area contributed by atoms with E-state index >= 15 is 0 Å². The largest absolute Gasteiger partial charge is 0.451 e. The van der Waals surface area contributed by atoms with Gasteiger partial charge in [0.05, 0.1) is 5.56 Å². The van der Waals surface area contributed by atoms with Crippen LogP contribution in [0.15, 0.2) is 59.0 Å². The molecule has 3 amide bonds. The Morgan fingerprint density at radius 2 is 1.78 bits per heavy atom. The van der Waals surface area contributed by atoms with E-state index in [1.165, 1.54) is 12.1 Å². The molecule has 1 aliphatic heterocycles. The SMILES string of the molecule is O=C(NCC1CCN(C(=O)c2cc3ccccc3o2)CC1)Nc1cccc(C(F)(F)F)c1. The first-order valence-corrected chi connectivity index (χ1v) is 10.3. The second-order valence-corrected chi connectivity index (χ2v) is 7.80. The number of benzene rings is 2. The van der Waals surface area contributed by atoms with Crippen molar-refractivity contribution in [2.75, 3.05) is 25.0 Å². The van der Waals surface area contributed by atoms with Crippen LogP contribution in [-0.4, -0.2) is 36.5 Å². The number of hydrogen-bond acceptors (Lipinski definition) is 3. The summed E-state index contributed by atoms with van der Waals surface area (Å²) in [6.45, 7) is 1.45. The number of halogens is 3. The maximum absolute atomic E-state index is 12.8. The molecule has 0 unspecified atom stereocenters. The van der Waals surface area contributed by atoms with Crippen LogP contribution in [-0.2, 0) is 6.18 Å². The summed E-state index contributed by atoms with van der Waals surface area (Å²) in [5.41, 5.74) is -0.0814. The van der Waals surface area contributed by atoms with Crippen LogP contribution < -0.4 is 10.6 Å². The summed E-state index contributed by atoms with van der Waals surface area (Å²) in [4.78, 5) is 26.5. The third-order valence-corrected chi connectivity index (χ3v) is 5.54. The summed E-state index contributed by atoms with van der Waals surface area (Å²) in [6, 6.07) is 13.1. The molecule has 0 atom stereocenters. The molecule has 0 aliphatic carbocycles. The van der Waals surface area contributed by atoms with E-state index in [9.17, 15) is 22.8 Å². The fourth-order valence-corrected chi connectivity index (χ4v) is 3.77. The summed E-state index contributed by atoms with van der Waals surface area (Å²) in [6.07, 6.45) is -3.06. The predicted molar refractivity (Wildman–Crippen MR) is 113 cm³/mol. The van der Waals surface area contributed by atoms with Crippen molar-refractivity contribution in [3.05, 3.63) is 65.9 Å². The van der Waals surface area contributed by atoms with Gasteiger partial charge in [0.1, 0.15) is 5.58 Å². The van der Waals surface area contributed by atoms with E-state index in [1.807, 2.05) is 24.3 Å². The molecule has 4 rings (SSSR count). The van der Waals surface area contributed by atoms with Gasteiger partial charge < -0.3 is 20.0 Å². The van der Waals surface area contributed by atoms with Crippen LogP contribution in [0.3, 0.4) is 0 Å². The molecule has 2 N–H and O–H groups in total. The number of para-hydroxylation sites is 1. The first-order valence-electron chi connectivity index (χ1n) is 10.3. The number of urea groups is 1. The Kier molecular flexibility index (Phi) is 6.07. The van der Waals surface area contributed by atoms with Gasteiger partial charge in [0.25, 0.3) is 5.91 Å². The average Bonchev–Trinajstić information content (AvgIpc) is 3.21. The Hall–Kier alpha value is -3.49. The number of piperidine rings is 1. The van der Waals surface area contributed by atoms with Gasteiger partial charge in [-0.15, -0.1) is 0 Å². The highest BCUT2D eigenvalue weighted by Gasteiger charge is 2.30. The van der Waals surface area contributed by atoms with Crippen LogP contribution in [0.2, 0.25) is 0 Å². The number of carbonyl (C=O) groups excluding carboxylic acids is 2. The number of furan rings is 1. The van der Waals surface area contributed by atoms with Gasteiger partial charge in [0.2, 0.25) is 0 Å². The fourth-order valence-electron chi connectivity index (χ4n) is 3.77. The van der Waals surface area contributed by atoms with Crippen molar-refractivity contribution in [3.8, 4) is 0 Å². The minimum Gasteiger partial charge on any atom is -0.451 e. The maximum Gasteiger partial charge on any atom is 0.416 e. The van der Waals surface area contributed by atoms with Gasteiger partial charge >= 0.3 is 12.2 Å². The zero-order chi connectivity index (χ0) is 22.7. The molecule has 9 heteroatoms. The van der Waals surface area contributed by atoms with Crippen molar-refractivity contribution >= 4 is 28.6 Å². The Morgan fingerprint density at radius 1 is 1.03 bits per heavy atom. The van der Waals surface area contributed by atoms with Crippen molar-refractivity contribution in [1.82, 2.24) is 10.2 Å². The van der Waals surface area contributed by atoms with Crippen LogP contribution in [0.25, 0.3) is 11.0 Å². The van der Waals surface area contributed by atoms with E-state index in [2.05, 4.69) is 10.6 Å². The molecule has 1 aliphatic rings. The summed E-state index contributed by atoms with van der Waals surface area (Å²) in [7, 11) is 0. The lowest BCUT2D eigenvalue weighted by atomic mass is 9.96. The molecule has 0 radical (unpaired) electrons. The number of alkyl halides is 3. The van der Waals surface area contributed by atoms with E-state index in [0.29, 0.717) is 43.8 Å². The van der Waals surface area contributed by atoms with Crippen molar-refractivity contribution in [1.29, 1.82) is 0 Å². The molecule has 32 heavy (non-hydrogen) atoms. The highest BCUT2D eigenvalue weighted by molar-refractivity contribution is 5.96. The number of nitrogens with one attached hydrogen (secondary N) is 2. The van der Waals surface area contributed by atoms with Crippen LogP contribution in [0.1, 0.15) is 29.0 Å². The quantitative estimate of drug-likeness (QED) is 0.585. The lowest BCUT2D eigenvalue weighted by Crippen LogP contribution is -2.42. The van der Waals surface area contributed by atoms with Crippen molar-refractivity contribution in [2.45, 2.75) is 19.0 Å². The van der Waals surface area contributed by atoms with Crippen LogP contribution in [0, 0.1) is 5.92 Å². The second kappa shape index (κ2) is 8.94. The van der Waals surface area contributed by atoms with Gasteiger partial charge in [-0.2, -0.15) is 13.2 Å². The van der Waals surface area contributed by atoms with Gasteiger partial charge in [-0.3, -0.25) is 4.79 Å². The monoisotopic (exact) mass is 445 g/mol. The summed E-state index contributed by atoms with van der Waals surface area (Å²) in [5.74, 6) is 0.320. The summed E-state index contributed by atoms with van der Waals surface area (Å²) in [5, 5.41) is 6.00. The van der Waals surface area contributed by atoms with Gasteiger partial charge in [-0.25, -0.2) is 4.79 Å². The van der Waals surface area contributed by atoms with E-state index in [0.717, 1.165) is 17.5 Å². The highest BCUT2D eigenvalue weighted by atomic mass is 19.4. The number of likely N-dealkylation sites (tertiary alicyclic amines) is 1. The lowest BCUT2D eigenvalue weighted by molar-refractivity contribution is -0.137. The molecule has 1 aromatic heterocycles. The second-order valence-electron chi connectivity index (χ2n) is 7.80. The Bertz CT molecular complexity index is 1090. The number of hydrogen-bond donors (Lipinski definition) is 2. The zero-order valence-corrected chi connectivity index (χ0v) is 17.1. The number of nitrogens with zero attached hydrogens (tertiary/aromatic N) is 1. The number of fused-ring (bicyclic) bond motifs is 1. The topological polar surface area (TPSA) is 74.6 Å². The molecular formula is C23H22F3N3O3. The standard InChI is InChI=1S/C23H22F3N3O3/c24-23(25,26)17-5-3-6-18(13-17)28-22(31)27-14-15-8-10-29(11-9-15)21(30)20-12-16-4-1-2-7-19(16)32-20/h1-7,12-13,15H,8-11,14H2,(H2,27,28,31). The average molecular weight is 445 g/mol. The van der Waals surface area contributed by atoms with Crippen LogP contribution >= 0.6 is 0 Å². The fraction of sp³-hybridized carbons (Fsp3) is 0.304. The lowest BCUT2D eigenvalue weighted by Gasteiger charge is -2.31. The van der Waals surface area contributed by atoms with Gasteiger partial charge in [0.15, 0.2) is 5.76 Å². The first-order chi connectivity index (χ1) is 15.3. The molecule has 3 aromatic rings. The predicted octanol–water partition coefficient (Wildman–Crippen LogP) is 5.13. The molecule has 0 saturated carbocycles. The van der Waals surface area contributed by atoms with E-state index in [1.54, 1.807) is 11.0 Å². The van der Waals surface area contributed by atoms with Crippen molar-refractivity contribution in [3.63, 3.8) is 0 Å². The molecule has 1 saturated heterocycles. The number of amides is 3. The Balaban J connectivity index is 1.24. The zero-order valence-electron chi connectivity index (χ0n) is 17.1. The van der Waals surface area contributed by atoms with Crippen molar-refractivity contribution in [2.24, 2.45) is 5.92 Å². The number of carbonyl (C=O) groups is 2. The minimum absolute atomic E-state index is 0.0728. The molecule has 0 bridgehead atoms. The normalized spacial score (nSPS) is 15.0. The molecule has 0 spiro atoms. The molecule has 168 valence electrons. The molecule has 6 nitrogen and oxygen atoms in total. The van der Waals surface area contributed by atoms with Gasteiger partial charge in [-0.05, 0) is 49.1 Å². The third-order valence-electron chi connectivity index (χ3n) is 5.54.